The molecule has 1 heterocycles. The zero-order valence-corrected chi connectivity index (χ0v) is 12.0. The third kappa shape index (κ3) is 2.43. The molecule has 2 aromatic rings. The van der Waals surface area contributed by atoms with Crippen molar-refractivity contribution in [2.75, 3.05) is 7.11 Å². The third-order valence-electron chi connectivity index (χ3n) is 3.40. The maximum atomic E-state index is 14.1. The van der Waals surface area contributed by atoms with Crippen LogP contribution in [-0.4, -0.2) is 22.7 Å². The number of ketones is 1. The molecule has 0 N–H and O–H groups in total. The standard InChI is InChI=1S/C15H17FN2O2/c1-9-14(10(2)18(3)17-9)12(19)8-11-6-5-7-13(20-4)15(11)16/h5-7H,8H2,1-4H3. The van der Waals surface area contributed by atoms with Gasteiger partial charge in [0.25, 0.3) is 0 Å². The Morgan fingerprint density at radius 2 is 2.10 bits per heavy atom. The molecule has 4 nitrogen and oxygen atoms in total. The molecule has 0 spiro atoms. The maximum Gasteiger partial charge on any atom is 0.171 e. The van der Waals surface area contributed by atoms with Gasteiger partial charge >= 0.3 is 0 Å². The van der Waals surface area contributed by atoms with Crippen LogP contribution in [0, 0.1) is 19.7 Å². The Hall–Kier alpha value is -2.17. The van der Waals surface area contributed by atoms with Gasteiger partial charge in [-0.3, -0.25) is 9.48 Å². The van der Waals surface area contributed by atoms with Gasteiger partial charge in [0.1, 0.15) is 0 Å². The minimum Gasteiger partial charge on any atom is -0.494 e. The molecule has 0 saturated heterocycles. The summed E-state index contributed by atoms with van der Waals surface area (Å²) in [6, 6.07) is 4.80. The van der Waals surface area contributed by atoms with Crippen molar-refractivity contribution in [1.29, 1.82) is 0 Å². The Morgan fingerprint density at radius 1 is 1.40 bits per heavy atom. The molecule has 20 heavy (non-hydrogen) atoms. The molecule has 0 bridgehead atoms. The number of carbonyl (C=O) groups is 1. The first-order chi connectivity index (χ1) is 9.45. The number of methoxy groups -OCH3 is 1. The summed E-state index contributed by atoms with van der Waals surface area (Å²) >= 11 is 0. The highest BCUT2D eigenvalue weighted by atomic mass is 19.1. The number of hydrogen-bond donors (Lipinski definition) is 0. The van der Waals surface area contributed by atoms with E-state index in [0.717, 1.165) is 5.69 Å². The van der Waals surface area contributed by atoms with E-state index in [1.165, 1.54) is 13.2 Å². The lowest BCUT2D eigenvalue weighted by Crippen LogP contribution is -2.08. The first-order valence-electron chi connectivity index (χ1n) is 6.30. The van der Waals surface area contributed by atoms with Crippen molar-refractivity contribution in [1.82, 2.24) is 9.78 Å². The summed E-state index contributed by atoms with van der Waals surface area (Å²) in [6.07, 6.45) is -0.00356. The Kier molecular flexibility index (Phi) is 3.88. The number of carbonyl (C=O) groups excluding carboxylic acids is 1. The lowest BCUT2D eigenvalue weighted by molar-refractivity contribution is 0.0990. The zero-order valence-electron chi connectivity index (χ0n) is 12.0. The van der Waals surface area contributed by atoms with E-state index in [2.05, 4.69) is 5.10 Å². The molecule has 1 aromatic carbocycles. The highest BCUT2D eigenvalue weighted by molar-refractivity contribution is 5.99. The lowest BCUT2D eigenvalue weighted by Gasteiger charge is -2.07. The molecule has 0 aliphatic heterocycles. The predicted octanol–water partition coefficient (Wildman–Crippen LogP) is 2.61. The van der Waals surface area contributed by atoms with Gasteiger partial charge in [-0.05, 0) is 25.5 Å². The van der Waals surface area contributed by atoms with Gasteiger partial charge in [0.2, 0.25) is 0 Å². The SMILES string of the molecule is COc1cccc(CC(=O)c2c(C)nn(C)c2C)c1F. The Labute approximate surface area is 117 Å². The van der Waals surface area contributed by atoms with Crippen molar-refractivity contribution >= 4 is 5.78 Å². The van der Waals surface area contributed by atoms with E-state index < -0.39 is 5.82 Å². The second-order valence-electron chi connectivity index (χ2n) is 4.70. The average molecular weight is 276 g/mol. The fourth-order valence-corrected chi connectivity index (χ4v) is 2.29. The molecule has 0 atom stereocenters. The van der Waals surface area contributed by atoms with Crippen LogP contribution < -0.4 is 4.74 Å². The van der Waals surface area contributed by atoms with Crippen molar-refractivity contribution in [3.63, 3.8) is 0 Å². The number of hydrogen-bond acceptors (Lipinski definition) is 3. The van der Waals surface area contributed by atoms with Crippen LogP contribution in [0.3, 0.4) is 0 Å². The van der Waals surface area contributed by atoms with Crippen LogP contribution in [0.1, 0.15) is 27.3 Å². The van der Waals surface area contributed by atoms with Gasteiger partial charge in [-0.15, -0.1) is 0 Å². The Bertz CT molecular complexity index is 662. The molecule has 0 unspecified atom stereocenters. The maximum absolute atomic E-state index is 14.1. The normalized spacial score (nSPS) is 10.7. The number of halogens is 1. The first-order valence-corrected chi connectivity index (χ1v) is 6.30. The molecular weight excluding hydrogens is 259 g/mol. The molecular formula is C15H17FN2O2. The molecule has 0 aliphatic rings. The van der Waals surface area contributed by atoms with E-state index >= 15 is 0 Å². The second kappa shape index (κ2) is 5.45. The monoisotopic (exact) mass is 276 g/mol. The molecule has 106 valence electrons. The summed E-state index contributed by atoms with van der Waals surface area (Å²) in [6.45, 7) is 3.61. The molecule has 0 saturated carbocycles. The fourth-order valence-electron chi connectivity index (χ4n) is 2.29. The minimum absolute atomic E-state index is 0.00356. The van der Waals surface area contributed by atoms with E-state index in [1.807, 2.05) is 6.92 Å². The number of aromatic nitrogens is 2. The van der Waals surface area contributed by atoms with Gasteiger partial charge in [0.15, 0.2) is 17.3 Å². The summed E-state index contributed by atoms with van der Waals surface area (Å²) in [4.78, 5) is 12.4. The summed E-state index contributed by atoms with van der Waals surface area (Å²) < 4.78 is 20.6. The molecule has 2 rings (SSSR count). The Morgan fingerprint density at radius 3 is 2.65 bits per heavy atom. The van der Waals surface area contributed by atoms with Crippen molar-refractivity contribution in [3.05, 3.63) is 46.5 Å². The fraction of sp³-hybridized carbons (Fsp3) is 0.333. The number of nitrogens with zero attached hydrogens (tertiary/aromatic N) is 2. The van der Waals surface area contributed by atoms with Crippen LogP contribution in [0.25, 0.3) is 0 Å². The molecule has 0 aliphatic carbocycles. The van der Waals surface area contributed by atoms with Crippen molar-refractivity contribution < 1.29 is 13.9 Å². The number of Topliss-reactive ketones (excluding diaryl/α,β-unsaturated/α-hetero) is 1. The summed E-state index contributed by atoms with van der Waals surface area (Å²) in [7, 11) is 3.19. The van der Waals surface area contributed by atoms with E-state index in [9.17, 15) is 9.18 Å². The van der Waals surface area contributed by atoms with Gasteiger partial charge in [-0.2, -0.15) is 5.10 Å². The van der Waals surface area contributed by atoms with Crippen LogP contribution >= 0.6 is 0 Å². The van der Waals surface area contributed by atoms with E-state index in [0.29, 0.717) is 16.8 Å². The summed E-state index contributed by atoms with van der Waals surface area (Å²) in [5.74, 6) is -0.474. The van der Waals surface area contributed by atoms with Gasteiger partial charge < -0.3 is 4.74 Å². The van der Waals surface area contributed by atoms with Crippen LogP contribution in [0.4, 0.5) is 4.39 Å². The van der Waals surface area contributed by atoms with Crippen molar-refractivity contribution in [2.24, 2.45) is 7.05 Å². The number of benzene rings is 1. The second-order valence-corrected chi connectivity index (χ2v) is 4.70. The van der Waals surface area contributed by atoms with Crippen LogP contribution in [0.15, 0.2) is 18.2 Å². The smallest absolute Gasteiger partial charge is 0.171 e. The van der Waals surface area contributed by atoms with E-state index in [4.69, 9.17) is 4.74 Å². The van der Waals surface area contributed by atoms with Crippen LogP contribution in [0.2, 0.25) is 0 Å². The van der Waals surface area contributed by atoms with Crippen molar-refractivity contribution in [2.45, 2.75) is 20.3 Å². The van der Waals surface area contributed by atoms with Crippen molar-refractivity contribution in [3.8, 4) is 5.75 Å². The van der Waals surface area contributed by atoms with E-state index in [1.54, 1.807) is 30.8 Å². The van der Waals surface area contributed by atoms with Gasteiger partial charge in [-0.25, -0.2) is 4.39 Å². The quantitative estimate of drug-likeness (QED) is 0.806. The molecule has 0 amide bonds. The number of rotatable bonds is 4. The molecule has 5 heteroatoms. The number of aryl methyl sites for hydroxylation is 2. The average Bonchev–Trinajstić information content (AvgIpc) is 2.65. The first kappa shape index (κ1) is 14.2. The molecule has 1 aromatic heterocycles. The van der Waals surface area contributed by atoms with Crippen LogP contribution in [-0.2, 0) is 13.5 Å². The highest BCUT2D eigenvalue weighted by Crippen LogP contribution is 2.22. The summed E-state index contributed by atoms with van der Waals surface area (Å²) in [5.41, 5.74) is 2.35. The third-order valence-corrected chi connectivity index (χ3v) is 3.40. The topological polar surface area (TPSA) is 44.1 Å². The van der Waals surface area contributed by atoms with Gasteiger partial charge in [-0.1, -0.05) is 12.1 Å². The Balaban J connectivity index is 2.33. The van der Waals surface area contributed by atoms with Crippen LogP contribution in [0.5, 0.6) is 5.75 Å². The zero-order chi connectivity index (χ0) is 14.9. The largest absolute Gasteiger partial charge is 0.494 e. The lowest BCUT2D eigenvalue weighted by atomic mass is 10.0. The molecule has 0 fully saturated rings. The summed E-state index contributed by atoms with van der Waals surface area (Å²) in [5, 5.41) is 4.21. The minimum atomic E-state index is -0.484. The van der Waals surface area contributed by atoms with Gasteiger partial charge in [0, 0.05) is 19.2 Å². The molecule has 0 radical (unpaired) electrons. The highest BCUT2D eigenvalue weighted by Gasteiger charge is 2.19. The number of ether oxygens (including phenoxy) is 1. The van der Waals surface area contributed by atoms with E-state index in [-0.39, 0.29) is 18.0 Å². The predicted molar refractivity (Wildman–Crippen MR) is 73.7 cm³/mol. The van der Waals surface area contributed by atoms with Gasteiger partial charge in [0.05, 0.1) is 18.4 Å².